The van der Waals surface area contributed by atoms with Crippen molar-refractivity contribution >= 4 is 23.5 Å². The first-order valence-electron chi connectivity index (χ1n) is 7.76. The van der Waals surface area contributed by atoms with Crippen LogP contribution in [-0.4, -0.2) is 16.0 Å². The number of rotatable bonds is 5. The Bertz CT molecular complexity index is 836. The summed E-state index contributed by atoms with van der Waals surface area (Å²) < 4.78 is 1.79. The minimum absolute atomic E-state index is 0.589. The molecule has 2 aromatic carbocycles. The Hall–Kier alpha value is -2.59. The van der Waals surface area contributed by atoms with E-state index in [1.165, 1.54) is 5.56 Å². The Morgan fingerprint density at radius 3 is 2.50 bits per heavy atom. The summed E-state index contributed by atoms with van der Waals surface area (Å²) in [4.78, 5) is 0. The monoisotopic (exact) mass is 338 g/mol. The molecule has 24 heavy (non-hydrogen) atoms. The van der Waals surface area contributed by atoms with Crippen LogP contribution in [0.5, 0.6) is 0 Å². The molecule has 3 rings (SSSR count). The van der Waals surface area contributed by atoms with Crippen molar-refractivity contribution < 1.29 is 0 Å². The van der Waals surface area contributed by atoms with Gasteiger partial charge in [0.1, 0.15) is 5.15 Å². The Morgan fingerprint density at radius 2 is 1.79 bits per heavy atom. The number of hydrazone groups is 1. The van der Waals surface area contributed by atoms with Crippen molar-refractivity contribution in [2.24, 2.45) is 5.10 Å². The number of aromatic nitrogens is 2. The highest BCUT2D eigenvalue weighted by atomic mass is 35.5. The molecule has 0 aliphatic rings. The van der Waals surface area contributed by atoms with Crippen molar-refractivity contribution in [1.29, 1.82) is 0 Å². The zero-order chi connectivity index (χ0) is 16.9. The highest BCUT2D eigenvalue weighted by molar-refractivity contribution is 6.32. The molecule has 0 atom stereocenters. The summed E-state index contributed by atoms with van der Waals surface area (Å²) in [6, 6.07) is 18.2. The molecule has 0 aliphatic carbocycles. The Kier molecular flexibility index (Phi) is 4.96. The molecule has 0 fully saturated rings. The lowest BCUT2D eigenvalue weighted by atomic mass is 10.2. The Morgan fingerprint density at radius 1 is 1.08 bits per heavy atom. The lowest BCUT2D eigenvalue weighted by molar-refractivity contribution is 0.680. The fourth-order valence-electron chi connectivity index (χ4n) is 2.37. The number of halogens is 1. The van der Waals surface area contributed by atoms with Gasteiger partial charge in [-0.05, 0) is 31.5 Å². The second-order valence-corrected chi connectivity index (χ2v) is 6.03. The molecule has 0 saturated carbocycles. The lowest BCUT2D eigenvalue weighted by Gasteiger charge is -2.03. The summed E-state index contributed by atoms with van der Waals surface area (Å²) in [5.74, 6) is 0. The van der Waals surface area contributed by atoms with Gasteiger partial charge >= 0.3 is 0 Å². The van der Waals surface area contributed by atoms with Gasteiger partial charge in [-0.15, -0.1) is 0 Å². The average molecular weight is 339 g/mol. The van der Waals surface area contributed by atoms with E-state index in [0.29, 0.717) is 11.7 Å². The van der Waals surface area contributed by atoms with Gasteiger partial charge in [-0.1, -0.05) is 59.6 Å². The van der Waals surface area contributed by atoms with Gasteiger partial charge in [0, 0.05) is 0 Å². The summed E-state index contributed by atoms with van der Waals surface area (Å²) in [5.41, 5.74) is 7.99. The fraction of sp³-hybridized carbons (Fsp3) is 0.158. The van der Waals surface area contributed by atoms with Gasteiger partial charge in [0.25, 0.3) is 0 Å². The maximum atomic E-state index is 6.46. The predicted octanol–water partition coefficient (Wildman–Crippen LogP) is 4.65. The van der Waals surface area contributed by atoms with Crippen LogP contribution in [0.2, 0.25) is 5.15 Å². The Balaban J connectivity index is 1.74. The van der Waals surface area contributed by atoms with Gasteiger partial charge in [-0.3, -0.25) is 5.43 Å². The normalized spacial score (nSPS) is 11.1. The number of hydrogen-bond donors (Lipinski definition) is 1. The average Bonchev–Trinajstić information content (AvgIpc) is 2.85. The number of benzene rings is 2. The first-order valence-corrected chi connectivity index (χ1v) is 8.14. The van der Waals surface area contributed by atoms with E-state index in [2.05, 4.69) is 34.7 Å². The standard InChI is InChI=1S/C19H19ClN4/c1-14-8-10-17(11-9-14)22-21-12-18-15(2)23-24(19(18)20)13-16-6-4-3-5-7-16/h3-12,22H,13H2,1-2H3/b21-12-. The van der Waals surface area contributed by atoms with Crippen LogP contribution in [0.25, 0.3) is 0 Å². The van der Waals surface area contributed by atoms with E-state index in [4.69, 9.17) is 11.6 Å². The fourth-order valence-corrected chi connectivity index (χ4v) is 2.66. The van der Waals surface area contributed by atoms with Crippen molar-refractivity contribution in [3.63, 3.8) is 0 Å². The van der Waals surface area contributed by atoms with Gasteiger partial charge in [-0.2, -0.15) is 10.2 Å². The number of anilines is 1. The van der Waals surface area contributed by atoms with Gasteiger partial charge < -0.3 is 0 Å². The van der Waals surface area contributed by atoms with E-state index < -0.39 is 0 Å². The van der Waals surface area contributed by atoms with Gasteiger partial charge in [-0.25, -0.2) is 4.68 Å². The van der Waals surface area contributed by atoms with Gasteiger partial charge in [0.2, 0.25) is 0 Å². The third kappa shape index (κ3) is 3.84. The van der Waals surface area contributed by atoms with Crippen LogP contribution in [0.3, 0.4) is 0 Å². The SMILES string of the molecule is Cc1ccc(N/N=C\c2c(C)nn(Cc3ccccc3)c2Cl)cc1. The molecule has 0 spiro atoms. The van der Waals surface area contributed by atoms with Gasteiger partial charge in [0.05, 0.1) is 29.7 Å². The summed E-state index contributed by atoms with van der Waals surface area (Å²) in [6.45, 7) is 4.62. The zero-order valence-corrected chi connectivity index (χ0v) is 14.5. The second kappa shape index (κ2) is 7.32. The van der Waals surface area contributed by atoms with E-state index in [9.17, 15) is 0 Å². The molecule has 4 nitrogen and oxygen atoms in total. The Labute approximate surface area is 146 Å². The molecular formula is C19H19ClN4. The molecule has 0 bridgehead atoms. The largest absolute Gasteiger partial charge is 0.279 e. The van der Waals surface area contributed by atoms with Crippen molar-refractivity contribution in [2.75, 3.05) is 5.43 Å². The van der Waals surface area contributed by atoms with E-state index >= 15 is 0 Å². The third-order valence-electron chi connectivity index (χ3n) is 3.72. The zero-order valence-electron chi connectivity index (χ0n) is 13.7. The molecule has 0 unspecified atom stereocenters. The van der Waals surface area contributed by atoms with Crippen LogP contribution in [0.15, 0.2) is 59.7 Å². The maximum Gasteiger partial charge on any atom is 0.136 e. The van der Waals surface area contributed by atoms with Crippen molar-refractivity contribution in [3.05, 3.63) is 82.1 Å². The van der Waals surface area contributed by atoms with Crippen molar-refractivity contribution in [3.8, 4) is 0 Å². The van der Waals surface area contributed by atoms with Crippen molar-refractivity contribution in [1.82, 2.24) is 9.78 Å². The summed E-state index contributed by atoms with van der Waals surface area (Å²) in [6.07, 6.45) is 1.71. The smallest absolute Gasteiger partial charge is 0.136 e. The molecule has 0 saturated heterocycles. The van der Waals surface area contributed by atoms with Crippen LogP contribution >= 0.6 is 11.6 Å². The molecule has 3 aromatic rings. The predicted molar refractivity (Wildman–Crippen MR) is 99.9 cm³/mol. The quantitative estimate of drug-likeness (QED) is 0.543. The highest BCUT2D eigenvalue weighted by Crippen LogP contribution is 2.19. The van der Waals surface area contributed by atoms with E-state index in [1.807, 2.05) is 49.4 Å². The molecule has 1 N–H and O–H groups in total. The first-order chi connectivity index (χ1) is 11.6. The molecule has 0 radical (unpaired) electrons. The van der Waals surface area contributed by atoms with Crippen molar-refractivity contribution in [2.45, 2.75) is 20.4 Å². The second-order valence-electron chi connectivity index (χ2n) is 5.67. The molecule has 1 aromatic heterocycles. The van der Waals surface area contributed by atoms with E-state index in [1.54, 1.807) is 10.9 Å². The van der Waals surface area contributed by atoms with Crippen LogP contribution < -0.4 is 5.43 Å². The minimum Gasteiger partial charge on any atom is -0.279 e. The first kappa shape index (κ1) is 16.3. The number of hydrogen-bond acceptors (Lipinski definition) is 3. The molecular weight excluding hydrogens is 320 g/mol. The third-order valence-corrected chi connectivity index (χ3v) is 4.12. The highest BCUT2D eigenvalue weighted by Gasteiger charge is 2.11. The van der Waals surface area contributed by atoms with Crippen LogP contribution in [-0.2, 0) is 6.54 Å². The molecule has 122 valence electrons. The topological polar surface area (TPSA) is 42.2 Å². The van der Waals surface area contributed by atoms with Crippen LogP contribution in [0.1, 0.15) is 22.4 Å². The number of nitrogens with one attached hydrogen (secondary N) is 1. The summed E-state index contributed by atoms with van der Waals surface area (Å²) in [5, 5.41) is 9.37. The number of nitrogens with zero attached hydrogens (tertiary/aromatic N) is 3. The van der Waals surface area contributed by atoms with E-state index in [-0.39, 0.29) is 0 Å². The van der Waals surface area contributed by atoms with Gasteiger partial charge in [0.15, 0.2) is 0 Å². The molecule has 0 aliphatic heterocycles. The summed E-state index contributed by atoms with van der Waals surface area (Å²) in [7, 11) is 0. The van der Waals surface area contributed by atoms with Crippen LogP contribution in [0, 0.1) is 13.8 Å². The number of aryl methyl sites for hydroxylation is 2. The van der Waals surface area contributed by atoms with Crippen LogP contribution in [0.4, 0.5) is 5.69 Å². The molecule has 1 heterocycles. The summed E-state index contributed by atoms with van der Waals surface area (Å²) >= 11 is 6.46. The minimum atomic E-state index is 0.589. The molecule has 5 heteroatoms. The maximum absolute atomic E-state index is 6.46. The molecule has 0 amide bonds. The lowest BCUT2D eigenvalue weighted by Crippen LogP contribution is -2.01. The van der Waals surface area contributed by atoms with E-state index in [0.717, 1.165) is 22.5 Å².